The van der Waals surface area contributed by atoms with E-state index in [0.29, 0.717) is 36.1 Å². The number of nitrogens with one attached hydrogen (secondary N) is 1. The fourth-order valence-electron chi connectivity index (χ4n) is 3.73. The molecule has 1 atom stereocenters. The van der Waals surface area contributed by atoms with Gasteiger partial charge in [-0.2, -0.15) is 0 Å². The zero-order valence-electron chi connectivity index (χ0n) is 19.5. The molecule has 0 spiro atoms. The number of benzene rings is 2. The van der Waals surface area contributed by atoms with Gasteiger partial charge in [0.2, 0.25) is 0 Å². The van der Waals surface area contributed by atoms with Gasteiger partial charge in [-0.15, -0.1) is 0 Å². The molecule has 1 aromatic heterocycles. The van der Waals surface area contributed by atoms with Gasteiger partial charge in [0.15, 0.2) is 0 Å². The summed E-state index contributed by atoms with van der Waals surface area (Å²) >= 11 is 0. The summed E-state index contributed by atoms with van der Waals surface area (Å²) < 4.78 is 12.1. The number of nitrogens with zero attached hydrogens (tertiary/aromatic N) is 3. The van der Waals surface area contributed by atoms with Crippen LogP contribution in [0.4, 0.5) is 9.59 Å². The van der Waals surface area contributed by atoms with E-state index >= 15 is 0 Å². The smallest absolute Gasteiger partial charge is 0.420 e. The Balaban J connectivity index is 1.33. The van der Waals surface area contributed by atoms with Crippen LogP contribution in [-0.4, -0.2) is 57.3 Å². The van der Waals surface area contributed by atoms with Crippen molar-refractivity contribution in [1.29, 1.82) is 0 Å². The average molecular weight is 465 g/mol. The van der Waals surface area contributed by atoms with E-state index in [1.165, 1.54) is 10.9 Å². The number of likely N-dealkylation sites (tertiary alicyclic amines) is 1. The molecular weight excluding hydrogens is 436 g/mol. The number of carbonyl (C=O) groups is 3. The summed E-state index contributed by atoms with van der Waals surface area (Å²) in [7, 11) is 0. The third-order valence-electron chi connectivity index (χ3n) is 5.39. The fraction of sp³-hybridized carbons (Fsp3) is 0.360. The Kier molecular flexibility index (Phi) is 6.54. The summed E-state index contributed by atoms with van der Waals surface area (Å²) in [5.41, 5.74) is 1.78. The zero-order valence-corrected chi connectivity index (χ0v) is 19.5. The molecule has 0 aliphatic carbocycles. The van der Waals surface area contributed by atoms with Gasteiger partial charge in [-0.05, 0) is 51.0 Å². The van der Waals surface area contributed by atoms with Gasteiger partial charge in [0.1, 0.15) is 18.5 Å². The molecule has 178 valence electrons. The minimum Gasteiger partial charge on any atom is -0.445 e. The highest BCUT2D eigenvalue weighted by Crippen LogP contribution is 2.18. The summed E-state index contributed by atoms with van der Waals surface area (Å²) in [6.07, 6.45) is 1.10. The predicted molar refractivity (Wildman–Crippen MR) is 125 cm³/mol. The molecule has 2 aromatic carbocycles. The monoisotopic (exact) mass is 464 g/mol. The maximum Gasteiger partial charge on any atom is 0.420 e. The summed E-state index contributed by atoms with van der Waals surface area (Å²) in [5, 5.41) is 2.96. The molecule has 2 amide bonds. The Hall–Kier alpha value is -3.88. The minimum atomic E-state index is -0.628. The van der Waals surface area contributed by atoms with Crippen LogP contribution in [0.5, 0.6) is 0 Å². The van der Waals surface area contributed by atoms with Crippen molar-refractivity contribution in [3.63, 3.8) is 0 Å². The van der Waals surface area contributed by atoms with Crippen LogP contribution in [0.25, 0.3) is 11.0 Å². The Labute approximate surface area is 197 Å². The van der Waals surface area contributed by atoms with Gasteiger partial charge < -0.3 is 19.7 Å². The van der Waals surface area contributed by atoms with Crippen molar-refractivity contribution in [2.24, 2.45) is 0 Å². The molecule has 3 aromatic rings. The van der Waals surface area contributed by atoms with E-state index in [1.54, 1.807) is 43.9 Å². The second-order valence-electron chi connectivity index (χ2n) is 9.24. The van der Waals surface area contributed by atoms with Crippen molar-refractivity contribution >= 4 is 29.1 Å². The lowest BCUT2D eigenvalue weighted by molar-refractivity contribution is 0.0543. The van der Waals surface area contributed by atoms with E-state index in [2.05, 4.69) is 10.3 Å². The molecule has 0 bridgehead atoms. The lowest BCUT2D eigenvalue weighted by Gasteiger charge is -2.19. The Morgan fingerprint density at radius 3 is 2.59 bits per heavy atom. The van der Waals surface area contributed by atoms with Gasteiger partial charge in [0.25, 0.3) is 5.91 Å². The quantitative estimate of drug-likeness (QED) is 0.627. The number of rotatable bonds is 4. The van der Waals surface area contributed by atoms with E-state index in [-0.39, 0.29) is 18.6 Å². The lowest BCUT2D eigenvalue weighted by Crippen LogP contribution is -2.38. The third kappa shape index (κ3) is 5.54. The van der Waals surface area contributed by atoms with E-state index in [0.717, 1.165) is 5.56 Å². The van der Waals surface area contributed by atoms with Gasteiger partial charge in [0, 0.05) is 24.7 Å². The molecule has 0 saturated carbocycles. The first-order chi connectivity index (χ1) is 16.2. The van der Waals surface area contributed by atoms with Crippen molar-refractivity contribution in [2.75, 3.05) is 13.1 Å². The number of aromatic nitrogens is 2. The maximum atomic E-state index is 12.8. The summed E-state index contributed by atoms with van der Waals surface area (Å²) in [6.45, 7) is 6.48. The van der Waals surface area contributed by atoms with Crippen molar-refractivity contribution in [3.05, 3.63) is 66.0 Å². The molecule has 4 rings (SSSR count). The van der Waals surface area contributed by atoms with Crippen LogP contribution in [0.2, 0.25) is 0 Å². The summed E-state index contributed by atoms with van der Waals surface area (Å²) in [4.78, 5) is 43.4. The van der Waals surface area contributed by atoms with Crippen molar-refractivity contribution in [2.45, 2.75) is 45.4 Å². The van der Waals surface area contributed by atoms with Crippen LogP contribution in [0.3, 0.4) is 0 Å². The molecule has 1 saturated heterocycles. The Morgan fingerprint density at radius 1 is 1.09 bits per heavy atom. The van der Waals surface area contributed by atoms with E-state index in [4.69, 9.17) is 9.47 Å². The normalized spacial score (nSPS) is 15.9. The van der Waals surface area contributed by atoms with Crippen LogP contribution >= 0.6 is 0 Å². The number of fused-ring (bicyclic) bond motifs is 1. The van der Waals surface area contributed by atoms with Gasteiger partial charge in [-0.25, -0.2) is 19.1 Å². The number of hydrogen-bond donors (Lipinski definition) is 1. The van der Waals surface area contributed by atoms with Crippen LogP contribution in [0.1, 0.15) is 43.1 Å². The number of imidazole rings is 1. The first-order valence-electron chi connectivity index (χ1n) is 11.2. The van der Waals surface area contributed by atoms with E-state index < -0.39 is 17.8 Å². The molecule has 1 N–H and O–H groups in total. The molecule has 34 heavy (non-hydrogen) atoms. The highest BCUT2D eigenvalue weighted by atomic mass is 16.6. The van der Waals surface area contributed by atoms with E-state index in [9.17, 15) is 14.4 Å². The van der Waals surface area contributed by atoms with Crippen LogP contribution in [0.15, 0.2) is 54.9 Å². The van der Waals surface area contributed by atoms with Gasteiger partial charge in [0.05, 0.1) is 11.0 Å². The van der Waals surface area contributed by atoms with Crippen molar-refractivity contribution < 1.29 is 23.9 Å². The largest absolute Gasteiger partial charge is 0.445 e. The molecule has 1 aliphatic rings. The van der Waals surface area contributed by atoms with Gasteiger partial charge >= 0.3 is 12.2 Å². The van der Waals surface area contributed by atoms with Crippen LogP contribution in [-0.2, 0) is 16.1 Å². The number of amides is 2. The van der Waals surface area contributed by atoms with Crippen LogP contribution in [0, 0.1) is 0 Å². The first-order valence-corrected chi connectivity index (χ1v) is 11.2. The second kappa shape index (κ2) is 9.54. The molecule has 9 heteroatoms. The molecule has 2 heterocycles. The predicted octanol–water partition coefficient (Wildman–Crippen LogP) is 3.96. The Morgan fingerprint density at radius 2 is 1.85 bits per heavy atom. The fourth-order valence-corrected chi connectivity index (χ4v) is 3.73. The molecule has 0 radical (unpaired) electrons. The number of carbonyl (C=O) groups excluding carboxylic acids is 3. The highest BCUT2D eigenvalue weighted by Gasteiger charge is 2.29. The topological polar surface area (TPSA) is 103 Å². The number of ether oxygens (including phenoxy) is 2. The SMILES string of the molecule is CC(C)(C)OC(=O)n1cnc2cc(C(=O)NC3CCN(C(=O)OCc4ccccc4)C3)ccc21. The van der Waals surface area contributed by atoms with Crippen LogP contribution < -0.4 is 5.32 Å². The lowest BCUT2D eigenvalue weighted by atomic mass is 10.1. The molecular formula is C25H28N4O5. The Bertz CT molecular complexity index is 1200. The second-order valence-corrected chi connectivity index (χ2v) is 9.24. The maximum absolute atomic E-state index is 12.8. The minimum absolute atomic E-state index is 0.174. The number of hydrogen-bond acceptors (Lipinski definition) is 6. The zero-order chi connectivity index (χ0) is 24.3. The molecule has 9 nitrogen and oxygen atoms in total. The van der Waals surface area contributed by atoms with Gasteiger partial charge in [-0.1, -0.05) is 30.3 Å². The molecule has 1 fully saturated rings. The average Bonchev–Trinajstić information content (AvgIpc) is 3.43. The summed E-state index contributed by atoms with van der Waals surface area (Å²) in [6, 6.07) is 14.3. The summed E-state index contributed by atoms with van der Waals surface area (Å²) in [5.74, 6) is -0.266. The van der Waals surface area contributed by atoms with Gasteiger partial charge in [-0.3, -0.25) is 4.79 Å². The van der Waals surface area contributed by atoms with E-state index in [1.807, 2.05) is 30.3 Å². The van der Waals surface area contributed by atoms with Crippen molar-refractivity contribution in [1.82, 2.24) is 19.8 Å². The molecule has 1 aliphatic heterocycles. The standard InChI is InChI=1S/C25H28N4O5/c1-25(2,3)34-24(32)29-16-26-20-13-18(9-10-21(20)29)22(30)27-19-11-12-28(14-19)23(31)33-15-17-7-5-4-6-8-17/h4-10,13,16,19H,11-12,14-15H2,1-3H3,(H,27,30). The third-order valence-corrected chi connectivity index (χ3v) is 5.39. The first kappa shape index (κ1) is 23.3. The van der Waals surface area contributed by atoms with Crippen molar-refractivity contribution in [3.8, 4) is 0 Å². The molecule has 1 unspecified atom stereocenters. The highest BCUT2D eigenvalue weighted by molar-refractivity contribution is 5.98.